The molecule has 2 heterocycles. The summed E-state index contributed by atoms with van der Waals surface area (Å²) in [4.78, 5) is 4.95. The van der Waals surface area contributed by atoms with Gasteiger partial charge in [0.05, 0.1) is 11.1 Å². The van der Waals surface area contributed by atoms with Crippen LogP contribution in [0, 0.1) is 0 Å². The van der Waals surface area contributed by atoms with E-state index < -0.39 is 0 Å². The normalized spacial score (nSPS) is 10.2. The third-order valence-corrected chi connectivity index (χ3v) is 2.20. The molecule has 4 heteroatoms. The molecule has 2 N–H and O–H groups in total. The number of nitrogen functional groups attached to an aromatic ring is 1. The van der Waals surface area contributed by atoms with E-state index in [1.54, 1.807) is 12.5 Å². The third-order valence-electron chi connectivity index (χ3n) is 1.26. The molecule has 0 fully saturated rings. The molecule has 0 atom stereocenters. The lowest BCUT2D eigenvalue weighted by atomic mass is 10.4. The number of hydrogen-bond acceptors (Lipinski definition) is 4. The summed E-state index contributed by atoms with van der Waals surface area (Å²) in [6.07, 6.45) is 3.16. The molecule has 0 saturated heterocycles. The Morgan fingerprint density at radius 2 is 2.45 bits per heavy atom. The minimum absolute atomic E-state index is 0.631. The average molecular weight is 166 g/mol. The SMILES string of the molecule is Nc1csc(-c2ncco2)c1. The van der Waals surface area contributed by atoms with Crippen LogP contribution >= 0.6 is 11.3 Å². The van der Waals surface area contributed by atoms with Gasteiger partial charge in [-0.3, -0.25) is 0 Å². The largest absolute Gasteiger partial charge is 0.444 e. The highest BCUT2D eigenvalue weighted by molar-refractivity contribution is 7.13. The van der Waals surface area contributed by atoms with Crippen molar-refractivity contribution in [1.29, 1.82) is 0 Å². The molecule has 0 amide bonds. The molecule has 0 aliphatic rings. The Morgan fingerprint density at radius 3 is 3.00 bits per heavy atom. The van der Waals surface area contributed by atoms with Gasteiger partial charge in [-0.1, -0.05) is 0 Å². The first-order valence-corrected chi connectivity index (χ1v) is 3.98. The van der Waals surface area contributed by atoms with Crippen molar-refractivity contribution in [3.63, 3.8) is 0 Å². The van der Waals surface area contributed by atoms with E-state index in [1.807, 2.05) is 11.4 Å². The Morgan fingerprint density at radius 1 is 1.55 bits per heavy atom. The smallest absolute Gasteiger partial charge is 0.236 e. The van der Waals surface area contributed by atoms with Gasteiger partial charge in [-0.25, -0.2) is 4.98 Å². The van der Waals surface area contributed by atoms with E-state index in [4.69, 9.17) is 10.2 Å². The Bertz CT molecular complexity index is 339. The number of anilines is 1. The fourth-order valence-corrected chi connectivity index (χ4v) is 1.55. The summed E-state index contributed by atoms with van der Waals surface area (Å²) in [5, 5.41) is 1.86. The van der Waals surface area contributed by atoms with Crippen LogP contribution in [0.2, 0.25) is 0 Å². The van der Waals surface area contributed by atoms with Crippen LogP contribution in [0.5, 0.6) is 0 Å². The van der Waals surface area contributed by atoms with Gasteiger partial charge in [0.1, 0.15) is 6.26 Å². The minimum Gasteiger partial charge on any atom is -0.444 e. The molecule has 0 aromatic carbocycles. The lowest BCUT2D eigenvalue weighted by molar-refractivity contribution is 0.576. The third kappa shape index (κ3) is 1.12. The van der Waals surface area contributed by atoms with Crippen molar-refractivity contribution >= 4 is 17.0 Å². The molecular formula is C7H6N2OS. The van der Waals surface area contributed by atoms with Crippen molar-refractivity contribution in [2.45, 2.75) is 0 Å². The number of hydrogen-bond donors (Lipinski definition) is 1. The quantitative estimate of drug-likeness (QED) is 0.704. The van der Waals surface area contributed by atoms with Crippen molar-refractivity contribution < 1.29 is 4.42 Å². The van der Waals surface area contributed by atoms with Crippen LogP contribution in [-0.4, -0.2) is 4.98 Å². The Hall–Kier alpha value is -1.29. The van der Waals surface area contributed by atoms with Gasteiger partial charge in [-0.2, -0.15) is 0 Å². The topological polar surface area (TPSA) is 52.0 Å². The van der Waals surface area contributed by atoms with Crippen LogP contribution in [-0.2, 0) is 0 Å². The highest BCUT2D eigenvalue weighted by atomic mass is 32.1. The number of nitrogens with two attached hydrogens (primary N) is 1. The predicted octanol–water partition coefficient (Wildman–Crippen LogP) is 1.99. The van der Waals surface area contributed by atoms with Gasteiger partial charge in [0.2, 0.25) is 5.89 Å². The van der Waals surface area contributed by atoms with Gasteiger partial charge in [0.25, 0.3) is 0 Å². The summed E-state index contributed by atoms with van der Waals surface area (Å²) in [5.41, 5.74) is 6.28. The standard InChI is InChI=1S/C7H6N2OS/c8-5-3-6(11-4-5)7-9-1-2-10-7/h1-4H,8H2. The molecule has 11 heavy (non-hydrogen) atoms. The number of oxazole rings is 1. The maximum Gasteiger partial charge on any atom is 0.236 e. The van der Waals surface area contributed by atoms with Crippen molar-refractivity contribution in [3.05, 3.63) is 23.9 Å². The molecule has 0 bridgehead atoms. The van der Waals surface area contributed by atoms with E-state index in [0.717, 1.165) is 10.6 Å². The van der Waals surface area contributed by atoms with Gasteiger partial charge < -0.3 is 10.2 Å². The number of aromatic nitrogens is 1. The first-order valence-electron chi connectivity index (χ1n) is 3.10. The van der Waals surface area contributed by atoms with Crippen LogP contribution in [0.4, 0.5) is 5.69 Å². The van der Waals surface area contributed by atoms with Crippen molar-refractivity contribution in [2.24, 2.45) is 0 Å². The monoisotopic (exact) mass is 166 g/mol. The highest BCUT2D eigenvalue weighted by Crippen LogP contribution is 2.26. The fourth-order valence-electron chi connectivity index (χ4n) is 0.808. The number of nitrogens with zero attached hydrogens (tertiary/aromatic N) is 1. The number of rotatable bonds is 1. The van der Waals surface area contributed by atoms with Crippen LogP contribution in [0.15, 0.2) is 28.3 Å². The summed E-state index contributed by atoms with van der Waals surface area (Å²) in [6.45, 7) is 0. The van der Waals surface area contributed by atoms with Crippen molar-refractivity contribution in [2.75, 3.05) is 5.73 Å². The van der Waals surface area contributed by atoms with Crippen molar-refractivity contribution in [1.82, 2.24) is 4.98 Å². The molecule has 2 aromatic heterocycles. The molecular weight excluding hydrogens is 160 g/mol. The second-order valence-electron chi connectivity index (χ2n) is 2.08. The Balaban J connectivity index is 2.45. The van der Waals surface area contributed by atoms with Gasteiger partial charge in [-0.05, 0) is 6.07 Å². The second-order valence-corrected chi connectivity index (χ2v) is 2.99. The summed E-state index contributed by atoms with van der Waals surface area (Å²) in [7, 11) is 0. The predicted molar refractivity (Wildman–Crippen MR) is 44.2 cm³/mol. The molecule has 0 saturated carbocycles. The van der Waals surface area contributed by atoms with Crippen LogP contribution < -0.4 is 5.73 Å². The molecule has 0 spiro atoms. The molecule has 0 unspecified atom stereocenters. The van der Waals surface area contributed by atoms with Crippen LogP contribution in [0.1, 0.15) is 0 Å². The van der Waals surface area contributed by atoms with E-state index in [-0.39, 0.29) is 0 Å². The van der Waals surface area contributed by atoms with Crippen LogP contribution in [0.25, 0.3) is 10.8 Å². The van der Waals surface area contributed by atoms with Gasteiger partial charge >= 0.3 is 0 Å². The zero-order valence-electron chi connectivity index (χ0n) is 5.65. The van der Waals surface area contributed by atoms with Gasteiger partial charge in [0.15, 0.2) is 0 Å². The molecule has 2 aromatic rings. The van der Waals surface area contributed by atoms with Crippen LogP contribution in [0.3, 0.4) is 0 Å². The van der Waals surface area contributed by atoms with E-state index >= 15 is 0 Å². The Labute approximate surface area is 67.5 Å². The van der Waals surface area contributed by atoms with E-state index in [1.165, 1.54) is 11.3 Å². The molecule has 2 rings (SSSR count). The van der Waals surface area contributed by atoms with E-state index in [9.17, 15) is 0 Å². The fraction of sp³-hybridized carbons (Fsp3) is 0. The number of thiophene rings is 1. The zero-order valence-corrected chi connectivity index (χ0v) is 6.47. The lowest BCUT2D eigenvalue weighted by Crippen LogP contribution is -1.76. The molecule has 0 radical (unpaired) electrons. The first-order chi connectivity index (χ1) is 5.36. The summed E-state index contributed by atoms with van der Waals surface area (Å²) >= 11 is 1.53. The summed E-state index contributed by atoms with van der Waals surface area (Å²) in [5.74, 6) is 0.631. The zero-order chi connectivity index (χ0) is 7.68. The maximum absolute atomic E-state index is 5.53. The molecule has 0 aliphatic carbocycles. The molecule has 0 aliphatic heterocycles. The molecule has 56 valence electrons. The highest BCUT2D eigenvalue weighted by Gasteiger charge is 2.03. The van der Waals surface area contributed by atoms with Gasteiger partial charge in [0, 0.05) is 11.1 Å². The van der Waals surface area contributed by atoms with E-state index in [0.29, 0.717) is 5.89 Å². The first kappa shape index (κ1) is 6.42. The second kappa shape index (κ2) is 2.39. The summed E-state index contributed by atoms with van der Waals surface area (Å²) < 4.78 is 5.08. The van der Waals surface area contributed by atoms with Gasteiger partial charge in [-0.15, -0.1) is 11.3 Å². The molecule has 3 nitrogen and oxygen atoms in total. The van der Waals surface area contributed by atoms with E-state index in [2.05, 4.69) is 4.98 Å². The Kier molecular flexibility index (Phi) is 1.40. The maximum atomic E-state index is 5.53. The minimum atomic E-state index is 0.631. The average Bonchev–Trinajstić information content (AvgIpc) is 2.55. The van der Waals surface area contributed by atoms with Crippen molar-refractivity contribution in [3.8, 4) is 10.8 Å². The lowest BCUT2D eigenvalue weighted by Gasteiger charge is -1.83. The summed E-state index contributed by atoms with van der Waals surface area (Å²) in [6, 6.07) is 1.84.